The standard InChI is InChI=1S/C32H23ClN2O4/c33-24-11-12-31(36)28(15-24)30-17-27(29(18-34)32(37)35-30)23-13-25(38-19-21-7-3-1-4-8-21)16-26(14-23)39-20-22-9-5-2-6-10-22/h1-17,36H,19-20H2,(H,35,37). The molecule has 1 aromatic heterocycles. The molecule has 0 radical (unpaired) electrons. The zero-order chi connectivity index (χ0) is 27.2. The normalized spacial score (nSPS) is 10.6. The fourth-order valence-corrected chi connectivity index (χ4v) is 4.32. The molecule has 0 saturated carbocycles. The van der Waals surface area contributed by atoms with E-state index in [0.29, 0.717) is 52.1 Å². The Hall–Kier alpha value is -4.99. The van der Waals surface area contributed by atoms with Crippen LogP contribution in [0.25, 0.3) is 22.4 Å². The number of ether oxygens (including phenoxy) is 2. The van der Waals surface area contributed by atoms with Crippen molar-refractivity contribution in [1.29, 1.82) is 5.26 Å². The molecular formula is C32H23ClN2O4. The number of hydrogen-bond acceptors (Lipinski definition) is 5. The summed E-state index contributed by atoms with van der Waals surface area (Å²) in [5.74, 6) is 0.962. The van der Waals surface area contributed by atoms with Crippen LogP contribution in [0.2, 0.25) is 5.02 Å². The molecule has 0 aliphatic heterocycles. The number of H-pyrrole nitrogens is 1. The lowest BCUT2D eigenvalue weighted by Gasteiger charge is -2.14. The van der Waals surface area contributed by atoms with E-state index in [1.165, 1.54) is 6.07 Å². The molecule has 0 atom stereocenters. The van der Waals surface area contributed by atoms with E-state index in [4.69, 9.17) is 21.1 Å². The van der Waals surface area contributed by atoms with Gasteiger partial charge in [-0.25, -0.2) is 0 Å². The lowest BCUT2D eigenvalue weighted by Crippen LogP contribution is -2.13. The average molecular weight is 535 g/mol. The number of halogens is 1. The molecule has 39 heavy (non-hydrogen) atoms. The van der Waals surface area contributed by atoms with Crippen molar-refractivity contribution in [2.24, 2.45) is 0 Å². The van der Waals surface area contributed by atoms with E-state index in [0.717, 1.165) is 11.1 Å². The summed E-state index contributed by atoms with van der Waals surface area (Å²) in [7, 11) is 0. The maximum absolute atomic E-state index is 13.0. The zero-order valence-electron chi connectivity index (χ0n) is 20.7. The van der Waals surface area contributed by atoms with E-state index in [2.05, 4.69) is 4.98 Å². The van der Waals surface area contributed by atoms with Gasteiger partial charge in [0, 0.05) is 22.2 Å². The van der Waals surface area contributed by atoms with Gasteiger partial charge in [-0.15, -0.1) is 0 Å². The number of phenolic OH excluding ortho intramolecular Hbond substituents is 1. The Labute approximate surface area is 230 Å². The highest BCUT2D eigenvalue weighted by molar-refractivity contribution is 6.31. The van der Waals surface area contributed by atoms with Crippen LogP contribution in [0.5, 0.6) is 17.2 Å². The Morgan fingerprint density at radius 2 is 1.36 bits per heavy atom. The number of pyridine rings is 1. The number of phenols is 1. The molecule has 5 aromatic rings. The summed E-state index contributed by atoms with van der Waals surface area (Å²) in [5.41, 5.74) is 2.88. The second-order valence-corrected chi connectivity index (χ2v) is 9.25. The number of rotatable bonds is 8. The molecular weight excluding hydrogens is 512 g/mol. The maximum Gasteiger partial charge on any atom is 0.266 e. The number of hydrogen-bond donors (Lipinski definition) is 2. The second-order valence-electron chi connectivity index (χ2n) is 8.82. The number of aromatic amines is 1. The van der Waals surface area contributed by atoms with Crippen LogP contribution in [0.15, 0.2) is 108 Å². The van der Waals surface area contributed by atoms with Gasteiger partial charge >= 0.3 is 0 Å². The molecule has 0 amide bonds. The molecule has 0 aliphatic rings. The highest BCUT2D eigenvalue weighted by Gasteiger charge is 2.17. The second kappa shape index (κ2) is 11.6. The van der Waals surface area contributed by atoms with Crippen molar-refractivity contribution < 1.29 is 14.6 Å². The Bertz CT molecular complexity index is 1650. The molecule has 7 heteroatoms. The van der Waals surface area contributed by atoms with Gasteiger partial charge in [-0.1, -0.05) is 72.3 Å². The third kappa shape index (κ3) is 6.12. The molecule has 1 heterocycles. The van der Waals surface area contributed by atoms with E-state index in [1.54, 1.807) is 36.4 Å². The molecule has 4 aromatic carbocycles. The van der Waals surface area contributed by atoms with Gasteiger partial charge < -0.3 is 19.6 Å². The van der Waals surface area contributed by atoms with Gasteiger partial charge in [0.05, 0.1) is 5.69 Å². The summed E-state index contributed by atoms with van der Waals surface area (Å²) in [4.78, 5) is 15.7. The summed E-state index contributed by atoms with van der Waals surface area (Å²) in [6.07, 6.45) is 0. The summed E-state index contributed by atoms with van der Waals surface area (Å²) in [5, 5.41) is 20.7. The molecule has 192 valence electrons. The van der Waals surface area contributed by atoms with Crippen LogP contribution in [0.1, 0.15) is 16.7 Å². The molecule has 2 N–H and O–H groups in total. The molecule has 0 unspecified atom stereocenters. The lowest BCUT2D eigenvalue weighted by molar-refractivity contribution is 0.290. The molecule has 0 aliphatic carbocycles. The SMILES string of the molecule is N#Cc1c(-c2cc(OCc3ccccc3)cc(OCc3ccccc3)c2)cc(-c2cc(Cl)ccc2O)[nH]c1=O. The highest BCUT2D eigenvalue weighted by Crippen LogP contribution is 2.36. The first kappa shape index (κ1) is 25.7. The molecule has 5 rings (SSSR count). The third-order valence-corrected chi connectivity index (χ3v) is 6.32. The van der Waals surface area contributed by atoms with Crippen molar-refractivity contribution in [3.8, 4) is 45.7 Å². The zero-order valence-corrected chi connectivity index (χ0v) is 21.5. The predicted molar refractivity (Wildman–Crippen MR) is 151 cm³/mol. The highest BCUT2D eigenvalue weighted by atomic mass is 35.5. The van der Waals surface area contributed by atoms with E-state index in [1.807, 2.05) is 66.7 Å². The van der Waals surface area contributed by atoms with Crippen LogP contribution in [0.3, 0.4) is 0 Å². The van der Waals surface area contributed by atoms with Crippen LogP contribution in [-0.4, -0.2) is 10.1 Å². The minimum atomic E-state index is -0.591. The monoisotopic (exact) mass is 534 g/mol. The number of aromatic hydroxyl groups is 1. The van der Waals surface area contributed by atoms with Crippen LogP contribution in [0.4, 0.5) is 0 Å². The van der Waals surface area contributed by atoms with Crippen LogP contribution in [0, 0.1) is 11.3 Å². The topological polar surface area (TPSA) is 95.3 Å². The van der Waals surface area contributed by atoms with E-state index >= 15 is 0 Å². The average Bonchev–Trinajstić information content (AvgIpc) is 2.97. The first-order valence-electron chi connectivity index (χ1n) is 12.2. The first-order chi connectivity index (χ1) is 19.0. The van der Waals surface area contributed by atoms with Crippen molar-refractivity contribution in [3.05, 3.63) is 135 Å². The number of nitrogens with zero attached hydrogens (tertiary/aromatic N) is 1. The van der Waals surface area contributed by atoms with Crippen molar-refractivity contribution in [1.82, 2.24) is 4.98 Å². The van der Waals surface area contributed by atoms with E-state index < -0.39 is 5.56 Å². The van der Waals surface area contributed by atoms with Gasteiger partial charge in [-0.2, -0.15) is 5.26 Å². The minimum Gasteiger partial charge on any atom is -0.507 e. The van der Waals surface area contributed by atoms with E-state index in [9.17, 15) is 15.2 Å². The van der Waals surface area contributed by atoms with Crippen molar-refractivity contribution in [3.63, 3.8) is 0 Å². The number of nitriles is 1. The third-order valence-electron chi connectivity index (χ3n) is 6.08. The summed E-state index contributed by atoms with van der Waals surface area (Å²) < 4.78 is 12.2. The Kier molecular flexibility index (Phi) is 7.63. The number of aromatic nitrogens is 1. The smallest absolute Gasteiger partial charge is 0.266 e. The summed E-state index contributed by atoms with van der Waals surface area (Å²) >= 11 is 6.15. The van der Waals surface area contributed by atoms with Crippen LogP contribution >= 0.6 is 11.6 Å². The van der Waals surface area contributed by atoms with Crippen LogP contribution < -0.4 is 15.0 Å². The molecule has 0 bridgehead atoms. The first-order valence-corrected chi connectivity index (χ1v) is 12.5. The Morgan fingerprint density at radius 3 is 1.92 bits per heavy atom. The minimum absolute atomic E-state index is 0.0578. The Balaban J connectivity index is 1.59. The van der Waals surface area contributed by atoms with Crippen molar-refractivity contribution in [2.45, 2.75) is 13.2 Å². The molecule has 6 nitrogen and oxygen atoms in total. The van der Waals surface area contributed by atoms with Crippen molar-refractivity contribution in [2.75, 3.05) is 0 Å². The summed E-state index contributed by atoms with van der Waals surface area (Å²) in [6.45, 7) is 0.648. The van der Waals surface area contributed by atoms with Gasteiger partial charge in [-0.3, -0.25) is 4.79 Å². The fourth-order valence-electron chi connectivity index (χ4n) is 4.14. The quantitative estimate of drug-likeness (QED) is 0.221. The largest absolute Gasteiger partial charge is 0.507 e. The van der Waals surface area contributed by atoms with Crippen molar-refractivity contribution >= 4 is 11.6 Å². The molecule has 0 fully saturated rings. The molecule has 0 saturated heterocycles. The predicted octanol–water partition coefficient (Wildman–Crippen LogP) is 7.10. The Morgan fingerprint density at radius 1 is 0.769 bits per heavy atom. The molecule has 0 spiro atoms. The fraction of sp³-hybridized carbons (Fsp3) is 0.0625. The number of nitrogens with one attached hydrogen (secondary N) is 1. The number of benzene rings is 4. The maximum atomic E-state index is 13.0. The van der Waals surface area contributed by atoms with Gasteiger partial charge in [0.25, 0.3) is 5.56 Å². The van der Waals surface area contributed by atoms with E-state index in [-0.39, 0.29) is 11.3 Å². The van der Waals surface area contributed by atoms with Crippen LogP contribution in [-0.2, 0) is 13.2 Å². The lowest BCUT2D eigenvalue weighted by atomic mass is 9.98. The van der Waals surface area contributed by atoms with Gasteiger partial charge in [0.15, 0.2) is 0 Å². The van der Waals surface area contributed by atoms with Gasteiger partial charge in [0.1, 0.15) is 42.1 Å². The van der Waals surface area contributed by atoms with Gasteiger partial charge in [-0.05, 0) is 53.1 Å². The summed E-state index contributed by atoms with van der Waals surface area (Å²) in [6, 6.07) is 33.0. The van der Waals surface area contributed by atoms with Gasteiger partial charge in [0.2, 0.25) is 0 Å².